The number of aliphatic hydroxyl groups is 2. The van der Waals surface area contributed by atoms with Crippen molar-refractivity contribution in [3.63, 3.8) is 0 Å². The zero-order chi connectivity index (χ0) is 28.2. The SMILES string of the molecule is CC1=C(CCC(=O)Oc2ccc3c(c2)CCC2C3CC[C@]3(C)C(O)CCC23)C2=C(C)C3(CC3)[C@@](C)(O)C(=O)C2=C1. The van der Waals surface area contributed by atoms with Gasteiger partial charge in [-0.1, -0.05) is 18.6 Å². The van der Waals surface area contributed by atoms with Gasteiger partial charge >= 0.3 is 5.97 Å². The number of rotatable bonds is 4. The first kappa shape index (κ1) is 26.4. The molecule has 1 aromatic rings. The lowest BCUT2D eigenvalue weighted by Gasteiger charge is -2.50. The van der Waals surface area contributed by atoms with E-state index in [0.717, 1.165) is 73.7 Å². The predicted octanol–water partition coefficient (Wildman–Crippen LogP) is 6.28. The first-order valence-corrected chi connectivity index (χ1v) is 15.4. The first-order valence-electron chi connectivity index (χ1n) is 15.4. The summed E-state index contributed by atoms with van der Waals surface area (Å²) in [6.07, 6.45) is 10.6. The molecule has 0 radical (unpaired) electrons. The van der Waals surface area contributed by atoms with Gasteiger partial charge in [-0.15, -0.1) is 0 Å². The van der Waals surface area contributed by atoms with Crippen LogP contribution in [0.1, 0.15) is 103 Å². The maximum Gasteiger partial charge on any atom is 0.311 e. The van der Waals surface area contributed by atoms with Gasteiger partial charge in [0.15, 0.2) is 5.78 Å². The highest BCUT2D eigenvalue weighted by Gasteiger charge is 2.65. The minimum Gasteiger partial charge on any atom is -0.427 e. The molecule has 6 atom stereocenters. The van der Waals surface area contributed by atoms with Gasteiger partial charge in [-0.25, -0.2) is 0 Å². The molecule has 0 heterocycles. The Kier molecular flexibility index (Phi) is 5.78. The van der Waals surface area contributed by atoms with E-state index in [4.69, 9.17) is 4.74 Å². The van der Waals surface area contributed by atoms with Gasteiger partial charge in [-0.05, 0) is 148 Å². The van der Waals surface area contributed by atoms with Crippen LogP contribution in [0.4, 0.5) is 0 Å². The highest BCUT2D eigenvalue weighted by Crippen LogP contribution is 2.65. The average Bonchev–Trinajstić information content (AvgIpc) is 3.60. The van der Waals surface area contributed by atoms with Crippen molar-refractivity contribution in [3.05, 3.63) is 63.3 Å². The second-order valence-electron chi connectivity index (χ2n) is 14.1. The summed E-state index contributed by atoms with van der Waals surface area (Å²) < 4.78 is 5.85. The number of esters is 1. The fourth-order valence-electron chi connectivity index (χ4n) is 9.74. The molecule has 5 heteroatoms. The number of ether oxygens (including phenoxy) is 1. The molecule has 0 aliphatic heterocycles. The van der Waals surface area contributed by atoms with Crippen LogP contribution in [-0.2, 0) is 16.0 Å². The molecule has 1 aromatic carbocycles. The summed E-state index contributed by atoms with van der Waals surface area (Å²) in [5, 5.41) is 21.8. The lowest BCUT2D eigenvalue weighted by molar-refractivity contribution is -0.137. The van der Waals surface area contributed by atoms with E-state index in [0.29, 0.717) is 35.5 Å². The summed E-state index contributed by atoms with van der Waals surface area (Å²) in [5.74, 6) is 1.96. The third-order valence-electron chi connectivity index (χ3n) is 12.3. The normalized spacial score (nSPS) is 37.1. The number of allylic oxidation sites excluding steroid dienone is 4. The number of aliphatic hydroxyl groups excluding tert-OH is 1. The van der Waals surface area contributed by atoms with Crippen LogP contribution in [-0.4, -0.2) is 33.7 Å². The number of hydrogen-bond acceptors (Lipinski definition) is 5. The van der Waals surface area contributed by atoms with Gasteiger partial charge in [0.1, 0.15) is 11.4 Å². The number of carbonyl (C=O) groups excluding carboxylic acids is 2. The molecule has 3 saturated carbocycles. The van der Waals surface area contributed by atoms with Crippen molar-refractivity contribution in [3.8, 4) is 5.75 Å². The van der Waals surface area contributed by atoms with E-state index in [1.54, 1.807) is 6.92 Å². The molecule has 6 aliphatic rings. The molecular weight excluding hydrogens is 500 g/mol. The summed E-state index contributed by atoms with van der Waals surface area (Å²) in [5.41, 5.74) is 5.68. The minimum absolute atomic E-state index is 0.0774. The number of ketones is 1. The molecule has 2 N–H and O–H groups in total. The van der Waals surface area contributed by atoms with Crippen molar-refractivity contribution in [1.82, 2.24) is 0 Å². The first-order chi connectivity index (χ1) is 19.0. The van der Waals surface area contributed by atoms with Crippen LogP contribution >= 0.6 is 0 Å². The van der Waals surface area contributed by atoms with E-state index in [1.165, 1.54) is 11.1 Å². The summed E-state index contributed by atoms with van der Waals surface area (Å²) in [6.45, 7) is 8.01. The zero-order valence-electron chi connectivity index (χ0n) is 24.3. The maximum absolute atomic E-state index is 13.2. The molecular formula is C35H42O5. The van der Waals surface area contributed by atoms with E-state index < -0.39 is 11.0 Å². The van der Waals surface area contributed by atoms with Crippen LogP contribution in [0.3, 0.4) is 0 Å². The van der Waals surface area contributed by atoms with Crippen LogP contribution in [0.15, 0.2) is 52.1 Å². The molecule has 5 nitrogen and oxygen atoms in total. The lowest BCUT2D eigenvalue weighted by atomic mass is 9.55. The van der Waals surface area contributed by atoms with Crippen molar-refractivity contribution in [2.75, 3.05) is 0 Å². The molecule has 0 saturated heterocycles. The number of benzene rings is 1. The van der Waals surface area contributed by atoms with Crippen molar-refractivity contribution in [1.29, 1.82) is 0 Å². The van der Waals surface area contributed by atoms with Gasteiger partial charge in [0.05, 0.1) is 12.5 Å². The molecule has 0 amide bonds. The smallest absolute Gasteiger partial charge is 0.311 e. The molecule has 40 heavy (non-hydrogen) atoms. The van der Waals surface area contributed by atoms with Crippen molar-refractivity contribution < 1.29 is 24.5 Å². The Morgan fingerprint density at radius 1 is 1.07 bits per heavy atom. The number of hydrogen-bond donors (Lipinski definition) is 2. The Bertz CT molecular complexity index is 1420. The number of aryl methyl sites for hydroxylation is 1. The quantitative estimate of drug-likeness (QED) is 0.346. The predicted molar refractivity (Wildman–Crippen MR) is 153 cm³/mol. The lowest BCUT2D eigenvalue weighted by Crippen LogP contribution is -2.49. The molecule has 212 valence electrons. The topological polar surface area (TPSA) is 83.8 Å². The van der Waals surface area contributed by atoms with E-state index >= 15 is 0 Å². The van der Waals surface area contributed by atoms with Crippen LogP contribution in [0.5, 0.6) is 5.75 Å². The minimum atomic E-state index is -1.36. The van der Waals surface area contributed by atoms with Crippen LogP contribution in [0.25, 0.3) is 0 Å². The molecule has 7 rings (SSSR count). The molecule has 0 aromatic heterocycles. The van der Waals surface area contributed by atoms with Gasteiger partial charge in [-0.3, -0.25) is 9.59 Å². The second kappa shape index (κ2) is 8.75. The second-order valence-corrected chi connectivity index (χ2v) is 14.1. The monoisotopic (exact) mass is 542 g/mol. The van der Waals surface area contributed by atoms with Gasteiger partial charge in [0.2, 0.25) is 0 Å². The van der Waals surface area contributed by atoms with E-state index in [9.17, 15) is 19.8 Å². The Hall–Kier alpha value is -2.50. The summed E-state index contributed by atoms with van der Waals surface area (Å²) in [6, 6.07) is 6.22. The van der Waals surface area contributed by atoms with Gasteiger partial charge in [-0.2, -0.15) is 0 Å². The van der Waals surface area contributed by atoms with E-state index in [1.807, 2.05) is 26.0 Å². The van der Waals surface area contributed by atoms with Crippen LogP contribution in [0, 0.1) is 22.7 Å². The highest BCUT2D eigenvalue weighted by molar-refractivity contribution is 6.10. The average molecular weight is 543 g/mol. The number of fused-ring (bicyclic) bond motifs is 6. The van der Waals surface area contributed by atoms with Crippen molar-refractivity contribution in [2.24, 2.45) is 22.7 Å². The van der Waals surface area contributed by atoms with Crippen molar-refractivity contribution in [2.45, 2.75) is 110 Å². The fraction of sp³-hybridized carbons (Fsp3) is 0.600. The van der Waals surface area contributed by atoms with Gasteiger partial charge in [0.25, 0.3) is 0 Å². The molecule has 4 unspecified atom stereocenters. The standard InChI is InChI=1S/C35H42O5/c1-19-17-27-31(20(2)35(15-16-35)34(4,39)32(27)38)23(19)9-12-30(37)40-22-6-8-24-21(18-22)5-7-26-25(24)13-14-33(3)28(26)10-11-29(33)36/h6,8,17-18,25-26,28-29,36,39H,5,7,9-16H2,1-4H3/t25?,26?,28?,29?,33-,34-/m0/s1. The van der Waals surface area contributed by atoms with Crippen molar-refractivity contribution >= 4 is 11.8 Å². The third kappa shape index (κ3) is 3.52. The Morgan fingerprint density at radius 2 is 1.85 bits per heavy atom. The Labute approximate surface area is 237 Å². The zero-order valence-corrected chi connectivity index (χ0v) is 24.3. The van der Waals surface area contributed by atoms with E-state index in [2.05, 4.69) is 19.1 Å². The summed E-state index contributed by atoms with van der Waals surface area (Å²) >= 11 is 0. The number of carbonyl (C=O) groups is 2. The highest BCUT2D eigenvalue weighted by atomic mass is 16.5. The molecule has 6 aliphatic carbocycles. The summed E-state index contributed by atoms with van der Waals surface area (Å²) in [7, 11) is 0. The third-order valence-corrected chi connectivity index (χ3v) is 12.3. The van der Waals surface area contributed by atoms with Crippen LogP contribution in [0.2, 0.25) is 0 Å². The fourth-order valence-corrected chi connectivity index (χ4v) is 9.74. The summed E-state index contributed by atoms with van der Waals surface area (Å²) in [4.78, 5) is 26.2. The van der Waals surface area contributed by atoms with Crippen LogP contribution < -0.4 is 4.74 Å². The molecule has 0 bridgehead atoms. The molecule has 1 spiro atoms. The van der Waals surface area contributed by atoms with E-state index in [-0.39, 0.29) is 29.7 Å². The maximum atomic E-state index is 13.2. The largest absolute Gasteiger partial charge is 0.427 e. The van der Waals surface area contributed by atoms with Gasteiger partial charge < -0.3 is 14.9 Å². The molecule has 3 fully saturated rings. The number of Topliss-reactive ketones (excluding diaryl/α,β-unsaturated/α-hetero) is 1. The van der Waals surface area contributed by atoms with Gasteiger partial charge in [0, 0.05) is 11.0 Å². The Morgan fingerprint density at radius 3 is 2.60 bits per heavy atom. The Balaban J connectivity index is 1.04.